The summed E-state index contributed by atoms with van der Waals surface area (Å²) in [6, 6.07) is 13.7. The van der Waals surface area contributed by atoms with Crippen LogP contribution in [0.15, 0.2) is 59.5 Å². The van der Waals surface area contributed by atoms with Crippen molar-refractivity contribution in [2.24, 2.45) is 5.92 Å². The first-order valence-electron chi connectivity index (χ1n) is 10.4. The predicted molar refractivity (Wildman–Crippen MR) is 116 cm³/mol. The number of nitro benzene ring substituents is 1. The normalized spacial score (nSPS) is 17.2. The molecule has 168 valence electrons. The molecule has 0 aromatic heterocycles. The third-order valence-corrected chi connectivity index (χ3v) is 7.17. The largest absolute Gasteiger partial charge is 0.394 e. The van der Waals surface area contributed by atoms with Crippen molar-refractivity contribution >= 4 is 15.7 Å². The van der Waals surface area contributed by atoms with Crippen molar-refractivity contribution < 1.29 is 23.2 Å². The van der Waals surface area contributed by atoms with E-state index in [1.54, 1.807) is 0 Å². The highest BCUT2D eigenvalue weighted by atomic mass is 32.2. The van der Waals surface area contributed by atoms with Crippen molar-refractivity contribution in [3.05, 3.63) is 70.3 Å². The molecule has 31 heavy (non-hydrogen) atoms. The number of aliphatic hydroxyl groups is 1. The number of nitro groups is 1. The van der Waals surface area contributed by atoms with Gasteiger partial charge >= 0.3 is 0 Å². The summed E-state index contributed by atoms with van der Waals surface area (Å²) >= 11 is 0. The van der Waals surface area contributed by atoms with E-state index >= 15 is 0 Å². The van der Waals surface area contributed by atoms with Crippen LogP contribution in [-0.4, -0.2) is 37.2 Å². The molecule has 0 radical (unpaired) electrons. The Kier molecular flexibility index (Phi) is 8.14. The maximum Gasteiger partial charge on any atom is 0.269 e. The van der Waals surface area contributed by atoms with E-state index in [4.69, 9.17) is 4.74 Å². The Bertz CT molecular complexity index is 944. The highest BCUT2D eigenvalue weighted by molar-refractivity contribution is 7.89. The molecule has 0 saturated heterocycles. The Morgan fingerprint density at radius 1 is 1.06 bits per heavy atom. The maximum absolute atomic E-state index is 13.0. The molecule has 2 aromatic rings. The first-order valence-corrected chi connectivity index (χ1v) is 11.9. The summed E-state index contributed by atoms with van der Waals surface area (Å²) in [5.41, 5.74) is 0.753. The Morgan fingerprint density at radius 2 is 1.71 bits per heavy atom. The molecule has 0 heterocycles. The monoisotopic (exact) mass is 448 g/mol. The number of hydrogen-bond donors (Lipinski definition) is 2. The number of ether oxygens (including phenoxy) is 1. The number of rotatable bonds is 10. The number of sulfonamides is 1. The summed E-state index contributed by atoms with van der Waals surface area (Å²) < 4.78 is 34.8. The van der Waals surface area contributed by atoms with Gasteiger partial charge in [-0.25, -0.2) is 13.1 Å². The van der Waals surface area contributed by atoms with E-state index in [1.807, 2.05) is 30.3 Å². The minimum absolute atomic E-state index is 0.0366. The fourth-order valence-electron chi connectivity index (χ4n) is 4.01. The number of benzene rings is 2. The Labute approximate surface area is 182 Å². The van der Waals surface area contributed by atoms with Gasteiger partial charge < -0.3 is 9.84 Å². The van der Waals surface area contributed by atoms with Crippen LogP contribution in [0, 0.1) is 16.0 Å². The van der Waals surface area contributed by atoms with Crippen molar-refractivity contribution in [3.8, 4) is 0 Å². The van der Waals surface area contributed by atoms with Crippen molar-refractivity contribution in [3.63, 3.8) is 0 Å². The highest BCUT2D eigenvalue weighted by Gasteiger charge is 2.35. The van der Waals surface area contributed by atoms with E-state index in [1.165, 1.54) is 24.3 Å². The Balaban J connectivity index is 1.80. The molecule has 2 N–H and O–H groups in total. The van der Waals surface area contributed by atoms with E-state index in [2.05, 4.69) is 4.72 Å². The van der Waals surface area contributed by atoms with Crippen molar-refractivity contribution in [2.45, 2.75) is 55.8 Å². The van der Waals surface area contributed by atoms with Crippen LogP contribution in [0.1, 0.15) is 37.7 Å². The van der Waals surface area contributed by atoms with Crippen LogP contribution >= 0.6 is 0 Å². The molecule has 0 aliphatic heterocycles. The van der Waals surface area contributed by atoms with Gasteiger partial charge in [0.1, 0.15) is 0 Å². The predicted octanol–water partition coefficient (Wildman–Crippen LogP) is 3.40. The average molecular weight is 449 g/mol. The molecule has 0 bridgehead atoms. The summed E-state index contributed by atoms with van der Waals surface area (Å²) in [5.74, 6) is 0.0366. The smallest absolute Gasteiger partial charge is 0.269 e. The third kappa shape index (κ3) is 6.33. The second-order valence-electron chi connectivity index (χ2n) is 7.81. The quantitative estimate of drug-likeness (QED) is 0.425. The number of aliphatic hydroxyl groups excluding tert-OH is 1. The molecule has 1 aliphatic rings. The van der Waals surface area contributed by atoms with E-state index in [0.29, 0.717) is 0 Å². The van der Waals surface area contributed by atoms with Gasteiger partial charge in [0, 0.05) is 12.1 Å². The lowest BCUT2D eigenvalue weighted by atomic mass is 9.82. The van der Waals surface area contributed by atoms with E-state index in [0.717, 1.165) is 37.7 Å². The van der Waals surface area contributed by atoms with Crippen LogP contribution in [0.4, 0.5) is 5.69 Å². The second kappa shape index (κ2) is 10.8. The van der Waals surface area contributed by atoms with Crippen LogP contribution in [0.5, 0.6) is 0 Å². The van der Waals surface area contributed by atoms with Gasteiger partial charge in [0.15, 0.2) is 0 Å². The molecule has 2 aromatic carbocycles. The van der Waals surface area contributed by atoms with Gasteiger partial charge in [0.25, 0.3) is 5.69 Å². The fourth-order valence-corrected chi connectivity index (χ4v) is 5.34. The molecule has 1 saturated carbocycles. The zero-order valence-electron chi connectivity index (χ0n) is 17.2. The highest BCUT2D eigenvalue weighted by Crippen LogP contribution is 2.30. The first-order chi connectivity index (χ1) is 14.9. The van der Waals surface area contributed by atoms with Gasteiger partial charge in [0.05, 0.1) is 35.2 Å². The van der Waals surface area contributed by atoms with Crippen LogP contribution in [0.25, 0.3) is 0 Å². The molecule has 8 nitrogen and oxygen atoms in total. The summed E-state index contributed by atoms with van der Waals surface area (Å²) in [7, 11) is -3.95. The molecular formula is C22H28N2O6S. The zero-order valence-corrected chi connectivity index (χ0v) is 18.0. The topological polar surface area (TPSA) is 119 Å². The van der Waals surface area contributed by atoms with Gasteiger partial charge in [-0.1, -0.05) is 49.6 Å². The number of nitrogens with one attached hydrogen (secondary N) is 1. The van der Waals surface area contributed by atoms with Gasteiger partial charge in [0.2, 0.25) is 10.0 Å². The molecule has 0 unspecified atom stereocenters. The molecule has 3 rings (SSSR count). The lowest BCUT2D eigenvalue weighted by Gasteiger charge is -2.35. The van der Waals surface area contributed by atoms with E-state index < -0.39 is 27.1 Å². The van der Waals surface area contributed by atoms with Gasteiger partial charge in [-0.3, -0.25) is 10.1 Å². The van der Waals surface area contributed by atoms with Crippen molar-refractivity contribution in [1.29, 1.82) is 0 Å². The summed E-state index contributed by atoms with van der Waals surface area (Å²) in [5, 5.41) is 20.9. The van der Waals surface area contributed by atoms with Gasteiger partial charge in [-0.15, -0.1) is 0 Å². The molecule has 9 heteroatoms. The zero-order chi connectivity index (χ0) is 22.3. The Morgan fingerprint density at radius 3 is 2.29 bits per heavy atom. The minimum Gasteiger partial charge on any atom is -0.394 e. The van der Waals surface area contributed by atoms with Crippen LogP contribution in [-0.2, 0) is 21.4 Å². The van der Waals surface area contributed by atoms with Gasteiger partial charge in [-0.05, 0) is 36.5 Å². The van der Waals surface area contributed by atoms with Crippen molar-refractivity contribution in [2.75, 3.05) is 6.61 Å². The summed E-state index contributed by atoms with van der Waals surface area (Å²) in [4.78, 5) is 10.2. The average Bonchev–Trinajstić information content (AvgIpc) is 2.80. The lowest BCUT2D eigenvalue weighted by Crippen LogP contribution is -2.51. The van der Waals surface area contributed by atoms with Crippen molar-refractivity contribution in [1.82, 2.24) is 4.72 Å². The fraction of sp³-hybridized carbons (Fsp3) is 0.455. The molecule has 1 fully saturated rings. The van der Waals surface area contributed by atoms with Crippen LogP contribution in [0.3, 0.4) is 0 Å². The summed E-state index contributed by atoms with van der Waals surface area (Å²) in [6.45, 7) is -0.0642. The minimum atomic E-state index is -3.95. The summed E-state index contributed by atoms with van der Waals surface area (Å²) in [6.07, 6.45) is 4.08. The van der Waals surface area contributed by atoms with E-state index in [9.17, 15) is 23.6 Å². The Hall–Kier alpha value is -2.33. The van der Waals surface area contributed by atoms with Crippen LogP contribution < -0.4 is 4.72 Å². The second-order valence-corrected chi connectivity index (χ2v) is 9.53. The maximum atomic E-state index is 13.0. The molecule has 2 atom stereocenters. The molecule has 0 amide bonds. The number of hydrogen-bond acceptors (Lipinski definition) is 6. The molecular weight excluding hydrogens is 420 g/mol. The van der Waals surface area contributed by atoms with Gasteiger partial charge in [-0.2, -0.15) is 0 Å². The molecule has 0 spiro atoms. The first kappa shape index (κ1) is 23.3. The molecule has 1 aliphatic carbocycles. The number of non-ortho nitro benzene ring substituents is 1. The van der Waals surface area contributed by atoms with E-state index in [-0.39, 0.29) is 29.7 Å². The lowest BCUT2D eigenvalue weighted by molar-refractivity contribution is -0.384. The van der Waals surface area contributed by atoms with Crippen LogP contribution in [0.2, 0.25) is 0 Å². The number of nitrogens with zero attached hydrogens (tertiary/aromatic N) is 1. The standard InChI is InChI=1S/C22H28N2O6S/c25-15-21(30-16-17-7-3-1-4-8-17)22(18-9-5-2-6-10-18)23-31(28,29)20-13-11-19(12-14-20)24(26)27/h1,3-4,7-8,11-14,18,21-23,25H,2,5-6,9-10,15-16H2/t21-,22+/m0/s1. The SMILES string of the molecule is O=[N+]([O-])c1ccc(S(=O)(=O)N[C@H](C2CCCCC2)[C@H](CO)OCc2ccccc2)cc1. The third-order valence-electron chi connectivity index (χ3n) is 5.69.